The smallest absolute Gasteiger partial charge is 0.252 e. The second-order valence-corrected chi connectivity index (χ2v) is 11.4. The molecule has 0 unspecified atom stereocenters. The summed E-state index contributed by atoms with van der Waals surface area (Å²) in [5.74, 6) is 0.548. The van der Waals surface area contributed by atoms with Crippen LogP contribution in [0.15, 0.2) is 112 Å². The van der Waals surface area contributed by atoms with Crippen molar-refractivity contribution in [1.82, 2.24) is 5.32 Å². The van der Waals surface area contributed by atoms with Gasteiger partial charge in [-0.2, -0.15) is 0 Å². The third-order valence-electron chi connectivity index (χ3n) is 7.20. The molecular weight excluding hydrogens is 646 g/mol. The summed E-state index contributed by atoms with van der Waals surface area (Å²) < 4.78 is 13.1. The number of benzene rings is 4. The van der Waals surface area contributed by atoms with Crippen molar-refractivity contribution in [2.45, 2.75) is 31.0 Å². The summed E-state index contributed by atoms with van der Waals surface area (Å²) in [6, 6.07) is 29.2. The molecule has 4 aromatic carbocycles. The average Bonchev–Trinajstić information content (AvgIpc) is 3.43. The second kappa shape index (κ2) is 14.4. The van der Waals surface area contributed by atoms with Gasteiger partial charge in [-0.05, 0) is 64.7 Å². The molecule has 1 aliphatic heterocycles. The largest absolute Gasteiger partial charge is 0.494 e. The summed E-state index contributed by atoms with van der Waals surface area (Å²) in [5.41, 5.74) is 10.9. The number of halogens is 2. The predicted octanol–water partition coefficient (Wildman–Crippen LogP) is 7.62. The lowest BCUT2D eigenvalue weighted by molar-refractivity contribution is -0.129. The molecule has 9 nitrogen and oxygen atoms in total. The Kier molecular flexibility index (Phi) is 10.2. The van der Waals surface area contributed by atoms with E-state index in [0.717, 1.165) is 15.6 Å². The van der Waals surface area contributed by atoms with Gasteiger partial charge in [0.25, 0.3) is 5.91 Å². The van der Waals surface area contributed by atoms with E-state index in [1.165, 1.54) is 0 Å². The number of ether oxygens (including phenoxy) is 2. The molecule has 224 valence electrons. The third kappa shape index (κ3) is 7.06. The van der Waals surface area contributed by atoms with Crippen molar-refractivity contribution in [2.75, 3.05) is 13.2 Å². The molecule has 44 heavy (non-hydrogen) atoms. The van der Waals surface area contributed by atoms with Gasteiger partial charge >= 0.3 is 0 Å². The lowest BCUT2D eigenvalue weighted by atomic mass is 9.81. The van der Waals surface area contributed by atoms with Crippen LogP contribution in [0.1, 0.15) is 34.8 Å². The van der Waals surface area contributed by atoms with E-state index in [2.05, 4.69) is 31.3 Å². The Bertz CT molecular complexity index is 1690. The highest BCUT2D eigenvalue weighted by molar-refractivity contribution is 9.10. The minimum Gasteiger partial charge on any atom is -0.494 e. The van der Waals surface area contributed by atoms with E-state index in [4.69, 9.17) is 31.2 Å². The van der Waals surface area contributed by atoms with Gasteiger partial charge in [0.05, 0.1) is 6.61 Å². The number of carbonyl (C=O) groups is 1. The van der Waals surface area contributed by atoms with Crippen LogP contribution < -0.4 is 10.1 Å². The predicted molar refractivity (Wildman–Crippen MR) is 173 cm³/mol. The zero-order valence-electron chi connectivity index (χ0n) is 23.6. The van der Waals surface area contributed by atoms with Gasteiger partial charge in [0, 0.05) is 51.7 Å². The lowest BCUT2D eigenvalue weighted by Gasteiger charge is -2.31. The van der Waals surface area contributed by atoms with Gasteiger partial charge in [-0.25, -0.2) is 4.99 Å². The minimum atomic E-state index is -1.48. The number of nitrogens with one attached hydrogen (secondary N) is 1. The monoisotopic (exact) mass is 673 g/mol. The van der Waals surface area contributed by atoms with Crippen molar-refractivity contribution in [3.63, 3.8) is 0 Å². The molecular formula is C33H29BrClN5O4. The van der Waals surface area contributed by atoms with Crippen LogP contribution in [0.5, 0.6) is 5.75 Å². The van der Waals surface area contributed by atoms with Crippen molar-refractivity contribution < 1.29 is 19.4 Å². The van der Waals surface area contributed by atoms with Crippen LogP contribution in [0.2, 0.25) is 5.02 Å². The molecule has 1 amide bonds. The molecule has 2 N–H and O–H groups in total. The Morgan fingerprint density at radius 2 is 1.75 bits per heavy atom. The molecule has 2 atom stereocenters. The summed E-state index contributed by atoms with van der Waals surface area (Å²) >= 11 is 9.90. The Morgan fingerprint density at radius 3 is 2.45 bits per heavy atom. The molecule has 0 bridgehead atoms. The topological polar surface area (TPSA) is 129 Å². The van der Waals surface area contributed by atoms with Gasteiger partial charge in [-0.1, -0.05) is 87.2 Å². The van der Waals surface area contributed by atoms with Crippen LogP contribution in [-0.4, -0.2) is 35.7 Å². The number of carbonyl (C=O) groups excluding carboxylic acids is 1. The zero-order valence-corrected chi connectivity index (χ0v) is 25.9. The Hall–Kier alpha value is -4.34. The highest BCUT2D eigenvalue weighted by Crippen LogP contribution is 2.44. The lowest BCUT2D eigenvalue weighted by Crippen LogP contribution is -2.49. The fourth-order valence-electron chi connectivity index (χ4n) is 4.99. The molecule has 0 radical (unpaired) electrons. The summed E-state index contributed by atoms with van der Waals surface area (Å²) in [4.78, 5) is 22.5. The van der Waals surface area contributed by atoms with E-state index in [9.17, 15) is 10.3 Å². The average molecular weight is 675 g/mol. The van der Waals surface area contributed by atoms with Crippen LogP contribution in [0.3, 0.4) is 0 Å². The Morgan fingerprint density at radius 1 is 1.05 bits per heavy atom. The highest BCUT2D eigenvalue weighted by atomic mass is 79.9. The van der Waals surface area contributed by atoms with Crippen molar-refractivity contribution >= 4 is 45.0 Å². The maximum Gasteiger partial charge on any atom is 0.252 e. The number of nitrogens with zero attached hydrogens (tertiary/aromatic N) is 4. The SMILES string of the molecule is [N-]=[N+]=Nc1ccccc1C[C@@]1(C(=O)NCc2ccccc2Cl)N=C(c2ccc(OCCCO)cc2)O[C@@H]1c1ccc(Br)cc1. The normalized spacial score (nSPS) is 17.2. The van der Waals surface area contributed by atoms with E-state index in [1.807, 2.05) is 66.7 Å². The van der Waals surface area contributed by atoms with Gasteiger partial charge in [0.15, 0.2) is 11.6 Å². The number of aliphatic hydroxyl groups is 1. The van der Waals surface area contributed by atoms with Gasteiger partial charge < -0.3 is 19.9 Å². The maximum absolute atomic E-state index is 14.5. The number of hydrogen-bond donors (Lipinski definition) is 2. The van der Waals surface area contributed by atoms with Crippen LogP contribution in [0.4, 0.5) is 5.69 Å². The van der Waals surface area contributed by atoms with E-state index in [0.29, 0.717) is 40.6 Å². The molecule has 5 rings (SSSR count). The first-order chi connectivity index (χ1) is 21.4. The van der Waals surface area contributed by atoms with Crippen molar-refractivity contribution in [2.24, 2.45) is 10.1 Å². The summed E-state index contributed by atoms with van der Waals surface area (Å²) in [7, 11) is 0. The van der Waals surface area contributed by atoms with Crippen molar-refractivity contribution in [3.8, 4) is 5.75 Å². The summed E-state index contributed by atoms with van der Waals surface area (Å²) in [5, 5.41) is 16.5. The molecule has 0 aromatic heterocycles. The molecule has 4 aromatic rings. The second-order valence-electron chi connectivity index (χ2n) is 10.1. The number of aliphatic imine (C=N–C) groups is 1. The zero-order chi connectivity index (χ0) is 30.9. The highest BCUT2D eigenvalue weighted by Gasteiger charge is 2.53. The number of azide groups is 1. The van der Waals surface area contributed by atoms with Crippen LogP contribution in [-0.2, 0) is 22.5 Å². The Labute approximate surface area is 268 Å². The molecule has 0 saturated carbocycles. The first-order valence-corrected chi connectivity index (χ1v) is 15.1. The molecule has 0 fully saturated rings. The molecule has 1 heterocycles. The molecule has 0 saturated heterocycles. The standard InChI is InChI=1S/C33H29BrClN5O4/c34-26-14-10-22(11-15-26)30-33(20-24-6-2-4-9-29(24)39-40-36,32(42)37-21-25-7-1-3-8-28(25)35)38-31(44-30)23-12-16-27(17-13-23)43-19-5-18-41/h1-4,6-17,30,41H,5,18-21H2,(H,37,42)/t30-,33-/m1/s1. The van der Waals surface area contributed by atoms with Gasteiger partial charge in [-0.3, -0.25) is 4.79 Å². The van der Waals surface area contributed by atoms with Crippen LogP contribution >= 0.6 is 27.5 Å². The van der Waals surface area contributed by atoms with E-state index in [1.54, 1.807) is 30.3 Å². The van der Waals surface area contributed by atoms with Gasteiger partial charge in [0.2, 0.25) is 5.90 Å². The van der Waals surface area contributed by atoms with Gasteiger partial charge in [0.1, 0.15) is 5.75 Å². The maximum atomic E-state index is 14.5. The summed E-state index contributed by atoms with van der Waals surface area (Å²) in [6.45, 7) is 0.609. The molecule has 11 heteroatoms. The number of hydrogen-bond acceptors (Lipinski definition) is 6. The van der Waals surface area contributed by atoms with Crippen molar-refractivity contribution in [1.29, 1.82) is 0 Å². The third-order valence-corrected chi connectivity index (χ3v) is 8.10. The molecule has 1 aliphatic rings. The first-order valence-electron chi connectivity index (χ1n) is 13.9. The minimum absolute atomic E-state index is 0.0452. The van der Waals surface area contributed by atoms with Crippen molar-refractivity contribution in [3.05, 3.63) is 139 Å². The van der Waals surface area contributed by atoms with E-state index >= 15 is 0 Å². The number of amides is 1. The molecule has 0 aliphatic carbocycles. The fourth-order valence-corrected chi connectivity index (χ4v) is 5.45. The fraction of sp³-hybridized carbons (Fsp3) is 0.212. The number of rotatable bonds is 12. The van der Waals surface area contributed by atoms with Gasteiger partial charge in [-0.15, -0.1) is 0 Å². The number of aliphatic hydroxyl groups excluding tert-OH is 1. The van der Waals surface area contributed by atoms with E-state index in [-0.39, 0.29) is 31.4 Å². The Balaban J connectivity index is 1.60. The van der Waals surface area contributed by atoms with Crippen LogP contribution in [0, 0.1) is 0 Å². The van der Waals surface area contributed by atoms with Crippen LogP contribution in [0.25, 0.3) is 10.4 Å². The quantitative estimate of drug-likeness (QED) is 0.0693. The molecule has 0 spiro atoms. The summed E-state index contributed by atoms with van der Waals surface area (Å²) in [6.07, 6.45) is -0.213. The van der Waals surface area contributed by atoms with E-state index < -0.39 is 11.6 Å². The first kappa shape index (κ1) is 31.1.